The maximum atomic E-state index is 13.0. The van der Waals surface area contributed by atoms with E-state index in [0.29, 0.717) is 12.2 Å². The number of fused-ring (bicyclic) bond motifs is 2. The van der Waals surface area contributed by atoms with Gasteiger partial charge in [-0.2, -0.15) is 5.10 Å². The first-order valence-electron chi connectivity index (χ1n) is 10.8. The number of benzene rings is 2. The Morgan fingerprint density at radius 1 is 1.13 bits per heavy atom. The molecule has 0 bridgehead atoms. The van der Waals surface area contributed by atoms with Gasteiger partial charge in [-0.05, 0) is 62.4 Å². The van der Waals surface area contributed by atoms with E-state index in [1.165, 1.54) is 0 Å². The smallest absolute Gasteiger partial charge is 0.272 e. The number of carbonyl (C=O) groups is 1. The fourth-order valence-electron chi connectivity index (χ4n) is 4.27. The van der Waals surface area contributed by atoms with Crippen molar-refractivity contribution in [2.75, 3.05) is 6.54 Å². The largest absolute Gasteiger partial charge is 0.351 e. The molecule has 1 aliphatic rings. The lowest BCUT2D eigenvalue weighted by Crippen LogP contribution is -2.26. The average Bonchev–Trinajstić information content (AvgIpc) is 3.38. The fourth-order valence-corrected chi connectivity index (χ4v) is 4.66. The van der Waals surface area contributed by atoms with Crippen molar-refractivity contribution in [3.63, 3.8) is 0 Å². The average molecular weight is 478 g/mol. The number of imidazole rings is 1. The molecular formula is C24H24BrN5O. The second-order valence-corrected chi connectivity index (χ2v) is 8.85. The first kappa shape index (κ1) is 20.0. The Kier molecular flexibility index (Phi) is 5.59. The molecule has 31 heavy (non-hydrogen) atoms. The normalized spacial score (nSPS) is 13.3. The molecular weight excluding hydrogens is 454 g/mol. The van der Waals surface area contributed by atoms with Crippen molar-refractivity contribution < 1.29 is 4.79 Å². The molecule has 2 aromatic heterocycles. The van der Waals surface area contributed by atoms with Gasteiger partial charge in [0.05, 0.1) is 16.7 Å². The highest BCUT2D eigenvalue weighted by molar-refractivity contribution is 9.10. The molecule has 4 aromatic rings. The number of aromatic amines is 1. The third-order valence-electron chi connectivity index (χ3n) is 5.76. The van der Waals surface area contributed by atoms with Crippen LogP contribution in [0.3, 0.4) is 0 Å². The minimum atomic E-state index is -0.0866. The Balaban J connectivity index is 1.27. The molecule has 0 saturated heterocycles. The van der Waals surface area contributed by atoms with Crippen molar-refractivity contribution in [3.8, 4) is 5.69 Å². The van der Waals surface area contributed by atoms with E-state index in [2.05, 4.69) is 31.2 Å². The van der Waals surface area contributed by atoms with Crippen LogP contribution in [-0.2, 0) is 19.3 Å². The first-order chi connectivity index (χ1) is 15.2. The van der Waals surface area contributed by atoms with Crippen LogP contribution in [0.5, 0.6) is 0 Å². The van der Waals surface area contributed by atoms with Gasteiger partial charge in [0.1, 0.15) is 5.82 Å². The zero-order chi connectivity index (χ0) is 21.2. The van der Waals surface area contributed by atoms with Crippen molar-refractivity contribution >= 4 is 32.9 Å². The van der Waals surface area contributed by atoms with Crippen molar-refractivity contribution in [1.29, 1.82) is 0 Å². The number of aromatic nitrogens is 4. The van der Waals surface area contributed by atoms with Gasteiger partial charge in [-0.15, -0.1) is 0 Å². The Morgan fingerprint density at radius 2 is 2.00 bits per heavy atom. The van der Waals surface area contributed by atoms with E-state index in [9.17, 15) is 4.79 Å². The molecule has 0 saturated carbocycles. The fraction of sp³-hybridized carbons (Fsp3) is 0.292. The lowest BCUT2D eigenvalue weighted by atomic mass is 9.95. The lowest BCUT2D eigenvalue weighted by molar-refractivity contribution is 0.0946. The van der Waals surface area contributed by atoms with Gasteiger partial charge in [-0.25, -0.2) is 9.67 Å². The second-order valence-electron chi connectivity index (χ2n) is 7.93. The summed E-state index contributed by atoms with van der Waals surface area (Å²) < 4.78 is 2.95. The number of aryl methyl sites for hydroxylation is 1. The van der Waals surface area contributed by atoms with Gasteiger partial charge in [-0.1, -0.05) is 34.1 Å². The molecule has 0 radical (unpaired) electrons. The van der Waals surface area contributed by atoms with E-state index in [1.807, 2.05) is 53.2 Å². The molecule has 2 aromatic carbocycles. The van der Waals surface area contributed by atoms with Crippen LogP contribution in [0.1, 0.15) is 46.8 Å². The van der Waals surface area contributed by atoms with Crippen LogP contribution in [0.4, 0.5) is 0 Å². The van der Waals surface area contributed by atoms with E-state index < -0.39 is 0 Å². The number of H-pyrrole nitrogens is 1. The summed E-state index contributed by atoms with van der Waals surface area (Å²) in [5.41, 5.74) is 5.84. The number of amides is 1. The SMILES string of the molecule is O=C(NCCCc1nc2ccccc2[nH]1)c1nn(-c2cccc(Br)c2)c2c1CCCC2. The molecule has 5 rings (SSSR count). The zero-order valence-electron chi connectivity index (χ0n) is 17.2. The Morgan fingerprint density at radius 3 is 2.87 bits per heavy atom. The number of rotatable bonds is 6. The van der Waals surface area contributed by atoms with Crippen molar-refractivity contribution in [2.45, 2.75) is 38.5 Å². The molecule has 0 fully saturated rings. The Labute approximate surface area is 189 Å². The van der Waals surface area contributed by atoms with Gasteiger partial charge in [0.25, 0.3) is 5.91 Å². The summed E-state index contributed by atoms with van der Waals surface area (Å²) in [7, 11) is 0. The van der Waals surface area contributed by atoms with Crippen LogP contribution in [0.2, 0.25) is 0 Å². The van der Waals surface area contributed by atoms with Crippen molar-refractivity contribution in [2.24, 2.45) is 0 Å². The highest BCUT2D eigenvalue weighted by Crippen LogP contribution is 2.28. The molecule has 6 nitrogen and oxygen atoms in total. The first-order valence-corrected chi connectivity index (χ1v) is 11.6. The van der Waals surface area contributed by atoms with Crippen molar-refractivity contribution in [3.05, 3.63) is 75.8 Å². The van der Waals surface area contributed by atoms with Gasteiger partial charge < -0.3 is 10.3 Å². The molecule has 0 atom stereocenters. The molecule has 7 heteroatoms. The lowest BCUT2D eigenvalue weighted by Gasteiger charge is -2.14. The number of nitrogens with zero attached hydrogens (tertiary/aromatic N) is 3. The predicted octanol–water partition coefficient (Wildman–Crippen LogP) is 4.75. The number of para-hydroxylation sites is 2. The number of hydrogen-bond donors (Lipinski definition) is 2. The highest BCUT2D eigenvalue weighted by atomic mass is 79.9. The van der Waals surface area contributed by atoms with Crippen LogP contribution in [0.15, 0.2) is 53.0 Å². The van der Waals surface area contributed by atoms with E-state index in [-0.39, 0.29) is 5.91 Å². The molecule has 1 amide bonds. The molecule has 1 aliphatic carbocycles. The van der Waals surface area contributed by atoms with Crippen molar-refractivity contribution in [1.82, 2.24) is 25.1 Å². The number of halogens is 1. The Hall–Kier alpha value is -2.93. The molecule has 2 N–H and O–H groups in total. The predicted molar refractivity (Wildman–Crippen MR) is 125 cm³/mol. The quantitative estimate of drug-likeness (QED) is 0.393. The van der Waals surface area contributed by atoms with Crippen LogP contribution >= 0.6 is 15.9 Å². The number of carbonyl (C=O) groups excluding carboxylic acids is 1. The van der Waals surface area contributed by atoms with Gasteiger partial charge in [0.15, 0.2) is 5.69 Å². The third kappa shape index (κ3) is 4.14. The summed E-state index contributed by atoms with van der Waals surface area (Å²) in [5.74, 6) is 0.864. The van der Waals surface area contributed by atoms with Crippen LogP contribution < -0.4 is 5.32 Å². The summed E-state index contributed by atoms with van der Waals surface area (Å²) in [5, 5.41) is 7.80. The molecule has 0 aliphatic heterocycles. The highest BCUT2D eigenvalue weighted by Gasteiger charge is 2.25. The number of nitrogens with one attached hydrogen (secondary N) is 2. The van der Waals surface area contributed by atoms with Gasteiger partial charge in [-0.3, -0.25) is 4.79 Å². The standard InChI is InChI=1S/C24H24BrN5O/c25-16-7-5-8-17(15-16)30-21-12-4-1-9-18(21)23(29-30)24(31)26-14-6-13-22-27-19-10-2-3-11-20(19)28-22/h2-3,5,7-8,10-11,15H,1,4,6,9,12-14H2,(H,26,31)(H,27,28). The molecule has 0 spiro atoms. The van der Waals surface area contributed by atoms with Gasteiger partial charge >= 0.3 is 0 Å². The minimum Gasteiger partial charge on any atom is -0.351 e. The molecule has 2 heterocycles. The summed E-state index contributed by atoms with van der Waals surface area (Å²) >= 11 is 3.54. The maximum Gasteiger partial charge on any atom is 0.272 e. The summed E-state index contributed by atoms with van der Waals surface area (Å²) in [6.07, 6.45) is 5.70. The third-order valence-corrected chi connectivity index (χ3v) is 6.26. The topological polar surface area (TPSA) is 75.6 Å². The van der Waals surface area contributed by atoms with E-state index >= 15 is 0 Å². The minimum absolute atomic E-state index is 0.0866. The summed E-state index contributed by atoms with van der Waals surface area (Å²) in [4.78, 5) is 20.9. The Bertz CT molecular complexity index is 1210. The van der Waals surface area contributed by atoms with E-state index in [0.717, 1.165) is 76.8 Å². The van der Waals surface area contributed by atoms with Crippen LogP contribution in [0, 0.1) is 0 Å². The van der Waals surface area contributed by atoms with Gasteiger partial charge in [0.2, 0.25) is 0 Å². The zero-order valence-corrected chi connectivity index (χ0v) is 18.8. The second kappa shape index (κ2) is 8.67. The molecule has 0 unspecified atom stereocenters. The summed E-state index contributed by atoms with van der Waals surface area (Å²) in [6.45, 7) is 0.592. The van der Waals surface area contributed by atoms with E-state index in [4.69, 9.17) is 5.10 Å². The summed E-state index contributed by atoms with van der Waals surface area (Å²) in [6, 6.07) is 16.1. The molecule has 158 valence electrons. The monoisotopic (exact) mass is 477 g/mol. The maximum absolute atomic E-state index is 13.0. The van der Waals surface area contributed by atoms with Gasteiger partial charge in [0, 0.05) is 28.7 Å². The number of hydrogen-bond acceptors (Lipinski definition) is 3. The van der Waals surface area contributed by atoms with E-state index in [1.54, 1.807) is 0 Å². The van der Waals surface area contributed by atoms with Crippen LogP contribution in [0.25, 0.3) is 16.7 Å². The van der Waals surface area contributed by atoms with Crippen LogP contribution in [-0.4, -0.2) is 32.2 Å².